The quantitative estimate of drug-likeness (QED) is 0.459. The summed E-state index contributed by atoms with van der Waals surface area (Å²) in [5.41, 5.74) is 4.22. The van der Waals surface area contributed by atoms with Crippen LogP contribution in [0.15, 0.2) is 47.6 Å². The van der Waals surface area contributed by atoms with Crippen molar-refractivity contribution >= 4 is 35.1 Å². The number of aromatic nitrogens is 3. The Hall–Kier alpha value is -2.32. The molecule has 0 saturated carbocycles. The highest BCUT2D eigenvalue weighted by atomic mass is 32.2. The Morgan fingerprint density at radius 1 is 1.07 bits per heavy atom. The van der Waals surface area contributed by atoms with E-state index < -0.39 is 0 Å². The minimum atomic E-state index is -0.224. The molecule has 0 aliphatic heterocycles. The summed E-state index contributed by atoms with van der Waals surface area (Å²) in [5.74, 6) is 2.33. The van der Waals surface area contributed by atoms with Crippen molar-refractivity contribution in [2.24, 2.45) is 0 Å². The van der Waals surface area contributed by atoms with Crippen molar-refractivity contribution < 1.29 is 9.18 Å². The molecule has 1 amide bonds. The van der Waals surface area contributed by atoms with Crippen molar-refractivity contribution in [2.75, 3.05) is 11.1 Å². The monoisotopic (exact) mass is 444 g/mol. The van der Waals surface area contributed by atoms with Crippen LogP contribution in [0.4, 0.5) is 10.1 Å². The Bertz CT molecular complexity index is 1000. The highest BCUT2D eigenvalue weighted by molar-refractivity contribution is 7.99. The van der Waals surface area contributed by atoms with E-state index in [4.69, 9.17) is 0 Å². The van der Waals surface area contributed by atoms with E-state index >= 15 is 0 Å². The van der Waals surface area contributed by atoms with E-state index in [1.54, 1.807) is 23.9 Å². The summed E-state index contributed by atoms with van der Waals surface area (Å²) in [4.78, 5) is 12.3. The lowest BCUT2D eigenvalue weighted by Gasteiger charge is -2.09. The van der Waals surface area contributed by atoms with Gasteiger partial charge in [-0.25, -0.2) is 4.39 Å². The molecule has 158 valence electrons. The van der Waals surface area contributed by atoms with Crippen molar-refractivity contribution in [2.45, 2.75) is 44.0 Å². The van der Waals surface area contributed by atoms with Gasteiger partial charge in [-0.3, -0.25) is 4.79 Å². The van der Waals surface area contributed by atoms with E-state index in [2.05, 4.69) is 15.5 Å². The van der Waals surface area contributed by atoms with Gasteiger partial charge in [-0.1, -0.05) is 30.0 Å². The fourth-order valence-corrected chi connectivity index (χ4v) is 4.58. The maximum atomic E-state index is 13.0. The molecule has 0 atom stereocenters. The predicted octanol–water partition coefficient (Wildman–Crippen LogP) is 5.22. The average Bonchev–Trinajstić information content (AvgIpc) is 3.12. The van der Waals surface area contributed by atoms with Crippen LogP contribution in [0.25, 0.3) is 0 Å². The number of nitrogens with one attached hydrogen (secondary N) is 1. The molecule has 2 aromatic carbocycles. The van der Waals surface area contributed by atoms with Crippen LogP contribution >= 0.6 is 23.5 Å². The second kappa shape index (κ2) is 10.6. The van der Waals surface area contributed by atoms with Gasteiger partial charge in [0.05, 0.1) is 11.5 Å². The van der Waals surface area contributed by atoms with Gasteiger partial charge in [-0.15, -0.1) is 22.0 Å². The van der Waals surface area contributed by atoms with Crippen molar-refractivity contribution in [3.05, 3.63) is 70.8 Å². The Morgan fingerprint density at radius 2 is 1.83 bits per heavy atom. The smallest absolute Gasteiger partial charge is 0.234 e. The number of carbonyl (C=O) groups is 1. The van der Waals surface area contributed by atoms with E-state index in [1.165, 1.54) is 29.5 Å². The van der Waals surface area contributed by atoms with Crippen molar-refractivity contribution in [1.82, 2.24) is 14.8 Å². The van der Waals surface area contributed by atoms with Gasteiger partial charge in [0, 0.05) is 18.0 Å². The zero-order chi connectivity index (χ0) is 21.5. The molecule has 0 aliphatic rings. The summed E-state index contributed by atoms with van der Waals surface area (Å²) in [7, 11) is 0. The molecule has 0 fully saturated rings. The molecule has 0 bridgehead atoms. The number of amides is 1. The number of rotatable bonds is 9. The van der Waals surface area contributed by atoms with E-state index in [0.29, 0.717) is 5.75 Å². The first-order valence-electron chi connectivity index (χ1n) is 9.70. The Morgan fingerprint density at radius 3 is 2.53 bits per heavy atom. The van der Waals surface area contributed by atoms with Crippen molar-refractivity contribution in [3.8, 4) is 0 Å². The zero-order valence-electron chi connectivity index (χ0n) is 17.3. The van der Waals surface area contributed by atoms with Crippen LogP contribution in [0, 0.1) is 19.7 Å². The van der Waals surface area contributed by atoms with Crippen molar-refractivity contribution in [1.29, 1.82) is 0 Å². The Kier molecular flexibility index (Phi) is 7.93. The molecular weight excluding hydrogens is 419 g/mol. The summed E-state index contributed by atoms with van der Waals surface area (Å²) < 4.78 is 15.0. The topological polar surface area (TPSA) is 59.8 Å². The van der Waals surface area contributed by atoms with Gasteiger partial charge in [0.2, 0.25) is 5.91 Å². The third-order valence-electron chi connectivity index (χ3n) is 4.65. The molecule has 8 heteroatoms. The Balaban J connectivity index is 1.52. The number of aryl methyl sites for hydroxylation is 2. The minimum absolute atomic E-state index is 0.0684. The van der Waals surface area contributed by atoms with Gasteiger partial charge >= 0.3 is 0 Å². The number of hydrogen-bond donors (Lipinski definition) is 1. The summed E-state index contributed by atoms with van der Waals surface area (Å²) in [6, 6.07) is 12.4. The molecule has 1 heterocycles. The minimum Gasteiger partial charge on any atom is -0.325 e. The summed E-state index contributed by atoms with van der Waals surface area (Å²) in [6.45, 7) is 6.85. The van der Waals surface area contributed by atoms with E-state index in [9.17, 15) is 9.18 Å². The van der Waals surface area contributed by atoms with Gasteiger partial charge in [-0.05, 0) is 61.7 Å². The lowest BCUT2D eigenvalue weighted by atomic mass is 10.1. The van der Waals surface area contributed by atoms with Gasteiger partial charge in [0.15, 0.2) is 5.16 Å². The second-order valence-electron chi connectivity index (χ2n) is 6.90. The maximum Gasteiger partial charge on any atom is 0.234 e. The van der Waals surface area contributed by atoms with Crippen LogP contribution in [0.3, 0.4) is 0 Å². The first-order valence-corrected chi connectivity index (χ1v) is 11.8. The van der Waals surface area contributed by atoms with Crippen molar-refractivity contribution in [3.63, 3.8) is 0 Å². The molecule has 3 aromatic rings. The lowest BCUT2D eigenvalue weighted by Crippen LogP contribution is -2.15. The van der Waals surface area contributed by atoms with E-state index in [1.807, 2.05) is 43.5 Å². The van der Waals surface area contributed by atoms with Gasteiger partial charge in [0.25, 0.3) is 0 Å². The SMILES string of the molecule is CCn1c(CSCc2ccc(F)cc2)nnc1SCC(=O)Nc1ccc(C)c(C)c1. The number of benzene rings is 2. The molecule has 30 heavy (non-hydrogen) atoms. The van der Waals surface area contributed by atoms with E-state index in [0.717, 1.165) is 40.1 Å². The first kappa shape index (κ1) is 22.4. The third kappa shape index (κ3) is 6.09. The highest BCUT2D eigenvalue weighted by Crippen LogP contribution is 2.22. The predicted molar refractivity (Wildman–Crippen MR) is 122 cm³/mol. The number of anilines is 1. The zero-order valence-corrected chi connectivity index (χ0v) is 18.9. The fourth-order valence-electron chi connectivity index (χ4n) is 2.84. The normalized spacial score (nSPS) is 10.9. The summed E-state index contributed by atoms with van der Waals surface area (Å²) >= 11 is 3.09. The van der Waals surface area contributed by atoms with Gasteiger partial charge in [-0.2, -0.15) is 0 Å². The molecule has 0 aliphatic carbocycles. The fraction of sp³-hybridized carbons (Fsp3) is 0.318. The average molecular weight is 445 g/mol. The molecule has 3 rings (SSSR count). The maximum absolute atomic E-state index is 13.0. The summed E-state index contributed by atoms with van der Waals surface area (Å²) in [5, 5.41) is 12.2. The molecule has 0 unspecified atom stereocenters. The number of thioether (sulfide) groups is 2. The van der Waals surface area contributed by atoms with Crippen LogP contribution in [0.5, 0.6) is 0 Å². The molecule has 0 saturated heterocycles. The lowest BCUT2D eigenvalue weighted by molar-refractivity contribution is -0.113. The first-order chi connectivity index (χ1) is 14.5. The number of nitrogens with zero attached hydrogens (tertiary/aromatic N) is 3. The van der Waals surface area contributed by atoms with Gasteiger partial charge in [0.1, 0.15) is 11.6 Å². The van der Waals surface area contributed by atoms with Crippen LogP contribution in [-0.2, 0) is 22.8 Å². The van der Waals surface area contributed by atoms with E-state index in [-0.39, 0.29) is 17.5 Å². The molecule has 1 aromatic heterocycles. The molecule has 0 radical (unpaired) electrons. The Labute approximate surface area is 184 Å². The third-order valence-corrected chi connectivity index (χ3v) is 6.61. The van der Waals surface area contributed by atoms with Crippen LogP contribution < -0.4 is 5.32 Å². The standard InChI is InChI=1S/C22H25FN4OS2/c1-4-27-20(13-29-12-17-6-8-18(23)9-7-17)25-26-22(27)30-14-21(28)24-19-10-5-15(2)16(3)11-19/h5-11H,4,12-14H2,1-3H3,(H,24,28). The molecule has 1 N–H and O–H groups in total. The van der Waals surface area contributed by atoms with Crippen LogP contribution in [0.1, 0.15) is 29.4 Å². The molecule has 5 nitrogen and oxygen atoms in total. The number of carbonyl (C=O) groups excluding carboxylic acids is 1. The number of hydrogen-bond acceptors (Lipinski definition) is 5. The van der Waals surface area contributed by atoms with Gasteiger partial charge < -0.3 is 9.88 Å². The molecule has 0 spiro atoms. The highest BCUT2D eigenvalue weighted by Gasteiger charge is 2.13. The van der Waals surface area contributed by atoms with Crippen LogP contribution in [-0.4, -0.2) is 26.4 Å². The number of halogens is 1. The largest absolute Gasteiger partial charge is 0.325 e. The summed E-state index contributed by atoms with van der Waals surface area (Å²) in [6.07, 6.45) is 0. The second-order valence-corrected chi connectivity index (χ2v) is 8.83. The molecular formula is C22H25FN4OS2. The van der Waals surface area contributed by atoms with Crippen LogP contribution in [0.2, 0.25) is 0 Å².